The number of hydrogen-bond donors (Lipinski definition) is 0. The molecule has 86 valence electrons. The van der Waals surface area contributed by atoms with Gasteiger partial charge in [-0.1, -0.05) is 12.1 Å². The Bertz CT molecular complexity index is 529. The van der Waals surface area contributed by atoms with Crippen molar-refractivity contribution in [3.05, 3.63) is 46.8 Å². The van der Waals surface area contributed by atoms with Crippen LogP contribution in [0.1, 0.15) is 11.1 Å². The molecule has 0 unspecified atom stereocenters. The van der Waals surface area contributed by atoms with E-state index in [9.17, 15) is 0 Å². The van der Waals surface area contributed by atoms with Crippen LogP contribution in [0.15, 0.2) is 39.9 Å². The van der Waals surface area contributed by atoms with Gasteiger partial charge in [0.15, 0.2) is 0 Å². The molecule has 2 aromatic rings. The Balaban J connectivity index is 2.09. The standard InChI is InChI=1S/C13H11NOS2/c1-15-12-7-10(4-5-11(12)8-14)9-17-13-3-2-6-16-13/h2-7H,9H2,1H3. The second kappa shape index (κ2) is 5.76. The number of thiophene rings is 1. The van der Waals surface area contributed by atoms with Crippen molar-refractivity contribution in [2.75, 3.05) is 7.11 Å². The first kappa shape index (κ1) is 12.0. The molecule has 0 amide bonds. The van der Waals surface area contributed by atoms with Gasteiger partial charge in [-0.15, -0.1) is 23.1 Å². The van der Waals surface area contributed by atoms with E-state index in [1.165, 1.54) is 9.77 Å². The first-order valence-electron chi connectivity index (χ1n) is 5.07. The molecule has 1 aromatic carbocycles. The topological polar surface area (TPSA) is 33.0 Å². The molecule has 0 saturated carbocycles. The van der Waals surface area contributed by atoms with Crippen LogP contribution in [0.5, 0.6) is 5.75 Å². The summed E-state index contributed by atoms with van der Waals surface area (Å²) in [5.74, 6) is 1.54. The van der Waals surface area contributed by atoms with Crippen molar-refractivity contribution in [3.8, 4) is 11.8 Å². The Hall–Kier alpha value is -1.44. The second-order valence-electron chi connectivity index (χ2n) is 3.37. The van der Waals surface area contributed by atoms with Crippen LogP contribution < -0.4 is 4.74 Å². The van der Waals surface area contributed by atoms with Crippen LogP contribution in [0.4, 0.5) is 0 Å². The molecule has 0 aliphatic rings. The maximum Gasteiger partial charge on any atom is 0.136 e. The van der Waals surface area contributed by atoms with Gasteiger partial charge in [0.05, 0.1) is 16.9 Å². The number of hydrogen-bond acceptors (Lipinski definition) is 4. The van der Waals surface area contributed by atoms with Crippen molar-refractivity contribution < 1.29 is 4.74 Å². The van der Waals surface area contributed by atoms with E-state index in [0.29, 0.717) is 11.3 Å². The average molecular weight is 261 g/mol. The normalized spacial score (nSPS) is 9.88. The molecule has 1 aromatic heterocycles. The highest BCUT2D eigenvalue weighted by molar-refractivity contribution is 8.00. The summed E-state index contributed by atoms with van der Waals surface area (Å²) >= 11 is 3.53. The van der Waals surface area contributed by atoms with Crippen molar-refractivity contribution in [2.24, 2.45) is 0 Å². The third-order valence-electron chi connectivity index (χ3n) is 2.26. The van der Waals surface area contributed by atoms with Crippen LogP contribution in [-0.2, 0) is 5.75 Å². The first-order chi connectivity index (χ1) is 8.33. The Morgan fingerprint density at radius 2 is 2.29 bits per heavy atom. The minimum absolute atomic E-state index is 0.581. The molecule has 0 spiro atoms. The molecular formula is C13H11NOS2. The summed E-state index contributed by atoms with van der Waals surface area (Å²) in [4.78, 5) is 0. The molecule has 0 bridgehead atoms. The molecule has 0 saturated heterocycles. The van der Waals surface area contributed by atoms with E-state index in [1.807, 2.05) is 24.3 Å². The summed E-state index contributed by atoms with van der Waals surface area (Å²) < 4.78 is 6.48. The van der Waals surface area contributed by atoms with Gasteiger partial charge in [0.1, 0.15) is 11.8 Å². The van der Waals surface area contributed by atoms with Gasteiger partial charge >= 0.3 is 0 Å². The summed E-state index contributed by atoms with van der Waals surface area (Å²) in [5.41, 5.74) is 1.75. The molecular weight excluding hydrogens is 250 g/mol. The molecule has 0 radical (unpaired) electrons. The minimum Gasteiger partial charge on any atom is -0.495 e. The van der Waals surface area contributed by atoms with Gasteiger partial charge in [-0.25, -0.2) is 0 Å². The number of nitrogens with zero attached hydrogens (tertiary/aromatic N) is 1. The Labute approximate surface area is 109 Å². The quantitative estimate of drug-likeness (QED) is 0.782. The summed E-state index contributed by atoms with van der Waals surface area (Å²) in [7, 11) is 1.59. The van der Waals surface area contributed by atoms with E-state index in [0.717, 1.165) is 5.75 Å². The number of benzene rings is 1. The largest absolute Gasteiger partial charge is 0.495 e. The van der Waals surface area contributed by atoms with Crippen molar-refractivity contribution in [1.29, 1.82) is 5.26 Å². The summed E-state index contributed by atoms with van der Waals surface area (Å²) in [6.07, 6.45) is 0. The van der Waals surface area contributed by atoms with Crippen LogP contribution in [0.2, 0.25) is 0 Å². The average Bonchev–Trinajstić information content (AvgIpc) is 2.89. The first-order valence-corrected chi connectivity index (χ1v) is 6.93. The van der Waals surface area contributed by atoms with Crippen LogP contribution in [0, 0.1) is 11.3 Å². The molecule has 0 atom stereocenters. The van der Waals surface area contributed by atoms with E-state index in [-0.39, 0.29) is 0 Å². The van der Waals surface area contributed by atoms with Crippen molar-refractivity contribution >= 4 is 23.1 Å². The minimum atomic E-state index is 0.581. The Morgan fingerprint density at radius 3 is 2.94 bits per heavy atom. The number of nitriles is 1. The predicted molar refractivity (Wildman–Crippen MR) is 71.6 cm³/mol. The maximum atomic E-state index is 8.89. The third kappa shape index (κ3) is 3.02. The fraction of sp³-hybridized carbons (Fsp3) is 0.154. The van der Waals surface area contributed by atoms with Gasteiger partial charge in [0, 0.05) is 5.75 Å². The zero-order valence-corrected chi connectivity index (χ0v) is 11.0. The van der Waals surface area contributed by atoms with Crippen LogP contribution >= 0.6 is 23.1 Å². The van der Waals surface area contributed by atoms with Crippen LogP contribution in [-0.4, -0.2) is 7.11 Å². The molecule has 4 heteroatoms. The fourth-order valence-electron chi connectivity index (χ4n) is 1.42. The van der Waals surface area contributed by atoms with Crippen LogP contribution in [0.25, 0.3) is 0 Å². The van der Waals surface area contributed by atoms with Gasteiger partial charge in [-0.2, -0.15) is 5.26 Å². The van der Waals surface area contributed by atoms with Crippen molar-refractivity contribution in [3.63, 3.8) is 0 Å². The van der Waals surface area contributed by atoms with Crippen LogP contribution in [0.3, 0.4) is 0 Å². The van der Waals surface area contributed by atoms with E-state index < -0.39 is 0 Å². The lowest BCUT2D eigenvalue weighted by molar-refractivity contribution is 0.413. The van der Waals surface area contributed by atoms with Gasteiger partial charge in [-0.3, -0.25) is 0 Å². The van der Waals surface area contributed by atoms with E-state index in [2.05, 4.69) is 17.5 Å². The Kier molecular flexibility index (Phi) is 4.08. The molecule has 0 fully saturated rings. The molecule has 2 rings (SSSR count). The van der Waals surface area contributed by atoms with Gasteiger partial charge < -0.3 is 4.74 Å². The summed E-state index contributed by atoms with van der Waals surface area (Å²) in [6.45, 7) is 0. The highest BCUT2D eigenvalue weighted by atomic mass is 32.2. The van der Waals surface area contributed by atoms with E-state index in [1.54, 1.807) is 30.2 Å². The number of methoxy groups -OCH3 is 1. The number of thioether (sulfide) groups is 1. The zero-order valence-electron chi connectivity index (χ0n) is 9.34. The maximum absolute atomic E-state index is 8.89. The molecule has 0 aliphatic heterocycles. The number of ether oxygens (including phenoxy) is 1. The zero-order chi connectivity index (χ0) is 12.1. The number of rotatable bonds is 4. The van der Waals surface area contributed by atoms with Crippen molar-refractivity contribution in [1.82, 2.24) is 0 Å². The molecule has 0 N–H and O–H groups in total. The van der Waals surface area contributed by atoms with E-state index in [4.69, 9.17) is 10.00 Å². The van der Waals surface area contributed by atoms with Gasteiger partial charge in [0.2, 0.25) is 0 Å². The molecule has 17 heavy (non-hydrogen) atoms. The lowest BCUT2D eigenvalue weighted by Gasteiger charge is -2.05. The monoisotopic (exact) mass is 261 g/mol. The second-order valence-corrected chi connectivity index (χ2v) is 5.59. The lowest BCUT2D eigenvalue weighted by atomic mass is 10.1. The highest BCUT2D eigenvalue weighted by Gasteiger charge is 2.04. The third-order valence-corrected chi connectivity index (χ3v) is 4.46. The molecule has 2 nitrogen and oxygen atoms in total. The Morgan fingerprint density at radius 1 is 1.41 bits per heavy atom. The SMILES string of the molecule is COc1cc(CSc2cccs2)ccc1C#N. The highest BCUT2D eigenvalue weighted by Crippen LogP contribution is 2.29. The predicted octanol–water partition coefficient (Wildman–Crippen LogP) is 3.92. The summed E-state index contributed by atoms with van der Waals surface area (Å²) in [6, 6.07) is 12.0. The molecule has 1 heterocycles. The van der Waals surface area contributed by atoms with E-state index >= 15 is 0 Å². The van der Waals surface area contributed by atoms with Gasteiger partial charge in [-0.05, 0) is 29.1 Å². The molecule has 0 aliphatic carbocycles. The lowest BCUT2D eigenvalue weighted by Crippen LogP contribution is -1.90. The summed E-state index contributed by atoms with van der Waals surface area (Å²) in [5, 5.41) is 11.0. The van der Waals surface area contributed by atoms with Gasteiger partial charge in [0.25, 0.3) is 0 Å². The van der Waals surface area contributed by atoms with Crippen molar-refractivity contribution in [2.45, 2.75) is 9.96 Å². The smallest absolute Gasteiger partial charge is 0.136 e. The fourth-order valence-corrected chi connectivity index (χ4v) is 3.15.